The number of amides is 1. The fourth-order valence-electron chi connectivity index (χ4n) is 4.81. The third-order valence-corrected chi connectivity index (χ3v) is 7.58. The first kappa shape index (κ1) is 26.7. The second-order valence-corrected chi connectivity index (χ2v) is 11.6. The zero-order valence-corrected chi connectivity index (χ0v) is 22.4. The Labute approximate surface area is 209 Å². The molecule has 8 heteroatoms. The Morgan fingerprint density at radius 1 is 1.21 bits per heavy atom. The number of hydrogen-bond acceptors (Lipinski definition) is 6. The summed E-state index contributed by atoms with van der Waals surface area (Å²) in [5, 5.41) is 4.14. The van der Waals surface area contributed by atoms with Crippen molar-refractivity contribution in [2.45, 2.75) is 73.1 Å². The summed E-state index contributed by atoms with van der Waals surface area (Å²) in [5.74, 6) is 0.459. The molecule has 2 saturated heterocycles. The Morgan fingerprint density at radius 2 is 1.82 bits per heavy atom. The van der Waals surface area contributed by atoms with Crippen LogP contribution in [-0.4, -0.2) is 65.3 Å². The van der Waals surface area contributed by atoms with Gasteiger partial charge in [0.2, 0.25) is 0 Å². The van der Waals surface area contributed by atoms with E-state index in [1.54, 1.807) is 13.0 Å². The number of aromatic nitrogens is 1. The van der Waals surface area contributed by atoms with E-state index in [2.05, 4.69) is 35.8 Å². The van der Waals surface area contributed by atoms with Gasteiger partial charge in [0.15, 0.2) is 0 Å². The van der Waals surface area contributed by atoms with E-state index in [9.17, 15) is 4.79 Å². The molecule has 0 bridgehead atoms. The Kier molecular flexibility index (Phi) is 8.85. The van der Waals surface area contributed by atoms with Gasteiger partial charge < -0.3 is 20.1 Å². The Balaban J connectivity index is 1.66. The van der Waals surface area contributed by atoms with Crippen molar-refractivity contribution in [1.29, 1.82) is 0 Å². The largest absolute Gasteiger partial charge is 0.396 e. The van der Waals surface area contributed by atoms with Crippen LogP contribution < -0.4 is 5.73 Å². The summed E-state index contributed by atoms with van der Waals surface area (Å²) in [7, 11) is 0. The highest BCUT2D eigenvalue weighted by atomic mass is 35.5. The number of nitrogens with two attached hydrogens (primary N) is 1. The number of piperidine rings is 2. The van der Waals surface area contributed by atoms with Crippen molar-refractivity contribution in [3.8, 4) is 0 Å². The Morgan fingerprint density at radius 3 is 2.35 bits per heavy atom. The van der Waals surface area contributed by atoms with Crippen LogP contribution >= 0.6 is 11.6 Å². The molecule has 0 saturated carbocycles. The molecule has 190 valence electrons. The predicted octanol–water partition coefficient (Wildman–Crippen LogP) is 4.84. The van der Waals surface area contributed by atoms with E-state index in [-0.39, 0.29) is 22.3 Å². The molecule has 3 rings (SSSR count). The van der Waals surface area contributed by atoms with E-state index in [1.807, 2.05) is 11.8 Å². The molecule has 0 unspecified atom stereocenters. The number of carbonyl (C=O) groups excluding carboxylic acids is 1. The summed E-state index contributed by atoms with van der Waals surface area (Å²) >= 11 is 6.51. The van der Waals surface area contributed by atoms with E-state index in [0.717, 1.165) is 32.4 Å². The quantitative estimate of drug-likeness (QED) is 0.435. The zero-order valence-electron chi connectivity index (χ0n) is 21.6. The number of aryl methyl sites for hydroxylation is 1. The lowest BCUT2D eigenvalue weighted by Crippen LogP contribution is -2.49. The van der Waals surface area contributed by atoms with Crippen LogP contribution in [0.5, 0.6) is 0 Å². The van der Waals surface area contributed by atoms with Gasteiger partial charge in [0.05, 0.1) is 5.70 Å². The molecular formula is C26H42ClN5O2. The van der Waals surface area contributed by atoms with Crippen LogP contribution in [0.2, 0.25) is 0 Å². The minimum absolute atomic E-state index is 0.150. The van der Waals surface area contributed by atoms with Crippen molar-refractivity contribution in [3.05, 3.63) is 23.1 Å². The monoisotopic (exact) mass is 491 g/mol. The molecule has 7 nitrogen and oxygen atoms in total. The van der Waals surface area contributed by atoms with Crippen molar-refractivity contribution in [3.63, 3.8) is 0 Å². The lowest BCUT2D eigenvalue weighted by molar-refractivity contribution is -0.129. The highest BCUT2D eigenvalue weighted by Gasteiger charge is 2.39. The number of aliphatic imine (C=N–C) groups is 1. The fraction of sp³-hybridized carbons (Fsp3) is 0.731. The van der Waals surface area contributed by atoms with Gasteiger partial charge in [-0.05, 0) is 75.9 Å². The maximum atomic E-state index is 13.6. The number of carbonyl (C=O) groups is 1. The molecule has 34 heavy (non-hydrogen) atoms. The van der Waals surface area contributed by atoms with Gasteiger partial charge in [-0.25, -0.2) is 0 Å². The van der Waals surface area contributed by atoms with E-state index in [1.165, 1.54) is 25.8 Å². The molecule has 0 radical (unpaired) electrons. The molecule has 1 spiro atoms. The van der Waals surface area contributed by atoms with Gasteiger partial charge in [-0.1, -0.05) is 44.5 Å². The Bertz CT molecular complexity index is 897. The maximum Gasteiger partial charge on any atom is 0.259 e. The summed E-state index contributed by atoms with van der Waals surface area (Å²) in [4.78, 5) is 22.5. The highest BCUT2D eigenvalue weighted by Crippen LogP contribution is 2.42. The Hall–Kier alpha value is -1.86. The van der Waals surface area contributed by atoms with Crippen LogP contribution in [0.3, 0.4) is 0 Å². The van der Waals surface area contributed by atoms with Crippen molar-refractivity contribution < 1.29 is 9.32 Å². The molecule has 2 aliphatic rings. The average molecular weight is 492 g/mol. The molecule has 1 amide bonds. The third kappa shape index (κ3) is 6.85. The fourth-order valence-corrected chi connectivity index (χ4v) is 5.08. The van der Waals surface area contributed by atoms with Crippen LogP contribution in [0.4, 0.5) is 0 Å². The molecular weight excluding hydrogens is 450 g/mol. The summed E-state index contributed by atoms with van der Waals surface area (Å²) in [5.41, 5.74) is 7.97. The van der Waals surface area contributed by atoms with Gasteiger partial charge in [0.1, 0.15) is 22.2 Å². The molecule has 2 N–H and O–H groups in total. The second-order valence-electron chi connectivity index (χ2n) is 11.2. The number of likely N-dealkylation sites (tertiary alicyclic amines) is 2. The number of hydrogen-bond donors (Lipinski definition) is 1. The van der Waals surface area contributed by atoms with Gasteiger partial charge in [-0.3, -0.25) is 9.79 Å². The van der Waals surface area contributed by atoms with Crippen LogP contribution in [0, 0.1) is 17.8 Å². The van der Waals surface area contributed by atoms with Gasteiger partial charge in [-0.15, -0.1) is 0 Å². The molecule has 3 heterocycles. The molecule has 1 aromatic rings. The first-order valence-electron chi connectivity index (χ1n) is 12.7. The summed E-state index contributed by atoms with van der Waals surface area (Å²) < 4.78 is 5.17. The van der Waals surface area contributed by atoms with Crippen molar-refractivity contribution in [2.75, 3.05) is 39.3 Å². The van der Waals surface area contributed by atoms with Crippen molar-refractivity contribution in [2.24, 2.45) is 21.6 Å². The van der Waals surface area contributed by atoms with Crippen molar-refractivity contribution in [1.82, 2.24) is 15.0 Å². The molecule has 0 aromatic carbocycles. The van der Waals surface area contributed by atoms with E-state index >= 15 is 0 Å². The SMILES string of the molecule is CCCN=C(Cl)/C(C(=O)N1CCC2(CCN(CCC(C)(C)C)CC2)CC1)=C(\N)c1cc(C)on1. The lowest BCUT2D eigenvalue weighted by Gasteiger charge is -2.47. The van der Waals surface area contributed by atoms with E-state index < -0.39 is 0 Å². The average Bonchev–Trinajstić information content (AvgIpc) is 3.23. The van der Waals surface area contributed by atoms with Gasteiger partial charge in [-0.2, -0.15) is 0 Å². The molecule has 0 atom stereocenters. The van der Waals surface area contributed by atoms with Gasteiger partial charge in [0.25, 0.3) is 5.91 Å². The van der Waals surface area contributed by atoms with Crippen molar-refractivity contribution >= 4 is 28.4 Å². The van der Waals surface area contributed by atoms with Gasteiger partial charge >= 0.3 is 0 Å². The van der Waals surface area contributed by atoms with Gasteiger partial charge in [0, 0.05) is 25.7 Å². The van der Waals surface area contributed by atoms with Crippen LogP contribution in [0.25, 0.3) is 5.70 Å². The minimum Gasteiger partial charge on any atom is -0.396 e. The molecule has 0 aliphatic carbocycles. The predicted molar refractivity (Wildman–Crippen MR) is 139 cm³/mol. The minimum atomic E-state index is -0.166. The second kappa shape index (κ2) is 11.3. The first-order chi connectivity index (χ1) is 16.0. The van der Waals surface area contributed by atoms with Crippen LogP contribution in [0.15, 0.2) is 21.2 Å². The summed E-state index contributed by atoms with van der Waals surface area (Å²) in [6.07, 6.45) is 6.52. The van der Waals surface area contributed by atoms with Crippen LogP contribution in [0.1, 0.15) is 77.7 Å². The lowest BCUT2D eigenvalue weighted by atomic mass is 9.71. The normalized spacial score (nSPS) is 20.5. The topological polar surface area (TPSA) is 88.0 Å². The number of nitrogens with zero attached hydrogens (tertiary/aromatic N) is 4. The van der Waals surface area contributed by atoms with Crippen LogP contribution in [-0.2, 0) is 4.79 Å². The number of halogens is 1. The smallest absolute Gasteiger partial charge is 0.259 e. The molecule has 2 aliphatic heterocycles. The first-order valence-corrected chi connectivity index (χ1v) is 13.1. The summed E-state index contributed by atoms with van der Waals surface area (Å²) in [6, 6.07) is 1.71. The molecule has 2 fully saturated rings. The van der Waals surface area contributed by atoms with E-state index in [4.69, 9.17) is 21.9 Å². The maximum absolute atomic E-state index is 13.6. The summed E-state index contributed by atoms with van der Waals surface area (Å²) in [6.45, 7) is 16.2. The zero-order chi connectivity index (χ0) is 24.9. The number of rotatable bonds is 7. The third-order valence-electron chi connectivity index (χ3n) is 7.27. The van der Waals surface area contributed by atoms with E-state index in [0.29, 0.717) is 41.9 Å². The highest BCUT2D eigenvalue weighted by molar-refractivity contribution is 6.73. The standard InChI is InChI=1S/C26H42ClN5O2/c1-6-12-29-23(27)21(22(28)20-18-19(2)34-30-20)24(33)32-16-10-26(11-17-32)8-14-31(15-9-26)13-7-25(3,4)5/h18H,6-17,28H2,1-5H3/b22-21+,29-23?. The molecule has 1 aromatic heterocycles.